The number of carbonyl (C=O) groups is 1. The van der Waals surface area contributed by atoms with E-state index < -0.39 is 11.0 Å². The quantitative estimate of drug-likeness (QED) is 0.536. The molecule has 110 valence electrons. The van der Waals surface area contributed by atoms with Crippen molar-refractivity contribution in [1.82, 2.24) is 10.3 Å². The van der Waals surface area contributed by atoms with Gasteiger partial charge in [-0.1, -0.05) is 0 Å². The van der Waals surface area contributed by atoms with Gasteiger partial charge in [0.25, 0.3) is 0 Å². The summed E-state index contributed by atoms with van der Waals surface area (Å²) in [4.78, 5) is 26.3. The van der Waals surface area contributed by atoms with Gasteiger partial charge in [0, 0.05) is 19.2 Å². The minimum absolute atomic E-state index is 0.00154. The minimum atomic E-state index is -0.629. The van der Waals surface area contributed by atoms with E-state index in [-0.39, 0.29) is 23.5 Å². The Morgan fingerprint density at radius 3 is 2.50 bits per heavy atom. The fourth-order valence-electron chi connectivity index (χ4n) is 1.52. The maximum Gasteiger partial charge on any atom is 0.311 e. The summed E-state index contributed by atoms with van der Waals surface area (Å²) in [6.07, 6.45) is 0. The first-order chi connectivity index (χ1) is 9.35. The average molecular weight is 281 g/mol. The van der Waals surface area contributed by atoms with Gasteiger partial charge in [0.2, 0.25) is 11.7 Å². The Labute approximate surface area is 117 Å². The van der Waals surface area contributed by atoms with E-state index in [1.807, 2.05) is 13.8 Å². The van der Waals surface area contributed by atoms with Crippen LogP contribution >= 0.6 is 0 Å². The van der Waals surface area contributed by atoms with Gasteiger partial charge in [0.05, 0.1) is 4.92 Å². The van der Waals surface area contributed by atoms with Crippen LogP contribution in [-0.2, 0) is 4.79 Å². The van der Waals surface area contributed by atoms with Crippen LogP contribution in [0.3, 0.4) is 0 Å². The van der Waals surface area contributed by atoms with Gasteiger partial charge in [0.1, 0.15) is 11.9 Å². The van der Waals surface area contributed by atoms with E-state index in [1.165, 1.54) is 12.1 Å². The summed E-state index contributed by atoms with van der Waals surface area (Å²) < 4.78 is 0. The summed E-state index contributed by atoms with van der Waals surface area (Å²) in [6, 6.07) is 2.21. The molecular weight excluding hydrogens is 262 g/mol. The Balaban J connectivity index is 2.94. The molecule has 1 rings (SSSR count). The largest absolute Gasteiger partial charge is 0.373 e. The number of hydrogen-bond acceptors (Lipinski definition) is 6. The van der Waals surface area contributed by atoms with Gasteiger partial charge in [-0.25, -0.2) is 4.98 Å². The van der Waals surface area contributed by atoms with Crippen molar-refractivity contribution >= 4 is 23.2 Å². The fourth-order valence-corrected chi connectivity index (χ4v) is 1.52. The molecule has 0 saturated carbocycles. The number of amides is 1. The molecule has 1 aromatic rings. The lowest BCUT2D eigenvalue weighted by molar-refractivity contribution is -0.384. The molecule has 1 unspecified atom stereocenters. The maximum atomic E-state index is 11.8. The van der Waals surface area contributed by atoms with Crippen LogP contribution in [0.15, 0.2) is 12.1 Å². The molecule has 0 spiro atoms. The molecule has 3 N–H and O–H groups in total. The summed E-state index contributed by atoms with van der Waals surface area (Å²) in [5, 5.41) is 19.2. The molecule has 1 amide bonds. The molecule has 1 heterocycles. The van der Waals surface area contributed by atoms with Gasteiger partial charge in [0.15, 0.2) is 0 Å². The molecule has 0 saturated heterocycles. The first-order valence-electron chi connectivity index (χ1n) is 6.25. The zero-order valence-corrected chi connectivity index (χ0v) is 11.9. The zero-order valence-electron chi connectivity index (χ0n) is 11.9. The first-order valence-corrected chi connectivity index (χ1v) is 6.25. The van der Waals surface area contributed by atoms with E-state index in [9.17, 15) is 14.9 Å². The van der Waals surface area contributed by atoms with Gasteiger partial charge >= 0.3 is 5.69 Å². The Hall–Kier alpha value is -2.38. The summed E-state index contributed by atoms with van der Waals surface area (Å²) in [7, 11) is 1.66. The highest BCUT2D eigenvalue weighted by Gasteiger charge is 2.21. The monoisotopic (exact) mass is 281 g/mol. The number of hydrogen-bond donors (Lipinski definition) is 3. The highest BCUT2D eigenvalue weighted by Crippen LogP contribution is 2.24. The average Bonchev–Trinajstić information content (AvgIpc) is 2.37. The van der Waals surface area contributed by atoms with Gasteiger partial charge in [-0.2, -0.15) is 0 Å². The third-order valence-electron chi connectivity index (χ3n) is 2.50. The van der Waals surface area contributed by atoms with Gasteiger partial charge in [-0.05, 0) is 26.8 Å². The highest BCUT2D eigenvalue weighted by molar-refractivity contribution is 5.84. The van der Waals surface area contributed by atoms with Crippen LogP contribution < -0.4 is 16.0 Å². The third-order valence-corrected chi connectivity index (χ3v) is 2.50. The molecule has 8 heteroatoms. The molecule has 0 aliphatic carbocycles. The smallest absolute Gasteiger partial charge is 0.311 e. The van der Waals surface area contributed by atoms with Gasteiger partial charge in [-0.3, -0.25) is 14.9 Å². The van der Waals surface area contributed by atoms with E-state index in [2.05, 4.69) is 20.9 Å². The molecule has 0 aromatic carbocycles. The number of aromatic nitrogens is 1. The van der Waals surface area contributed by atoms with Crippen LogP contribution in [0.5, 0.6) is 0 Å². The van der Waals surface area contributed by atoms with E-state index in [1.54, 1.807) is 14.0 Å². The van der Waals surface area contributed by atoms with Crippen LogP contribution in [0.25, 0.3) is 0 Å². The molecule has 0 radical (unpaired) electrons. The normalized spacial score (nSPS) is 11.8. The summed E-state index contributed by atoms with van der Waals surface area (Å²) in [5.74, 6) is 0.300. The number of nitro groups is 1. The number of nitrogens with zero attached hydrogens (tertiary/aromatic N) is 2. The van der Waals surface area contributed by atoms with Gasteiger partial charge < -0.3 is 16.0 Å². The molecule has 0 bridgehead atoms. The molecule has 1 atom stereocenters. The van der Waals surface area contributed by atoms with Crippen molar-refractivity contribution in [2.45, 2.75) is 32.9 Å². The van der Waals surface area contributed by atoms with Crippen molar-refractivity contribution < 1.29 is 9.72 Å². The fraction of sp³-hybridized carbons (Fsp3) is 0.500. The number of pyridine rings is 1. The number of anilines is 2. The van der Waals surface area contributed by atoms with Crippen LogP contribution in [0.4, 0.5) is 17.3 Å². The van der Waals surface area contributed by atoms with Crippen LogP contribution in [0.2, 0.25) is 0 Å². The Morgan fingerprint density at radius 2 is 2.00 bits per heavy atom. The van der Waals surface area contributed by atoms with E-state index >= 15 is 0 Å². The molecule has 0 aliphatic heterocycles. The summed E-state index contributed by atoms with van der Waals surface area (Å²) in [5.41, 5.74) is -0.173. The molecule has 0 fully saturated rings. The van der Waals surface area contributed by atoms with Crippen LogP contribution in [0, 0.1) is 10.1 Å². The van der Waals surface area contributed by atoms with Crippen LogP contribution in [-0.4, -0.2) is 34.9 Å². The molecule has 20 heavy (non-hydrogen) atoms. The van der Waals surface area contributed by atoms with Crippen molar-refractivity contribution in [3.63, 3.8) is 0 Å². The number of rotatable bonds is 6. The van der Waals surface area contributed by atoms with Crippen molar-refractivity contribution in [3.05, 3.63) is 22.2 Å². The van der Waals surface area contributed by atoms with Crippen molar-refractivity contribution in [2.24, 2.45) is 0 Å². The second-order valence-electron chi connectivity index (χ2n) is 4.60. The van der Waals surface area contributed by atoms with E-state index in [4.69, 9.17) is 0 Å². The second-order valence-corrected chi connectivity index (χ2v) is 4.60. The molecular formula is C12H19N5O3. The predicted octanol–water partition coefficient (Wildman–Crippen LogP) is 1.36. The van der Waals surface area contributed by atoms with E-state index in [0.717, 1.165) is 0 Å². The lowest BCUT2D eigenvalue weighted by Gasteiger charge is -2.16. The van der Waals surface area contributed by atoms with Crippen molar-refractivity contribution in [2.75, 3.05) is 17.7 Å². The Kier molecular flexibility index (Phi) is 5.24. The minimum Gasteiger partial charge on any atom is -0.373 e. The van der Waals surface area contributed by atoms with Crippen molar-refractivity contribution in [3.8, 4) is 0 Å². The third kappa shape index (κ3) is 4.08. The van der Waals surface area contributed by atoms with Crippen LogP contribution in [0.1, 0.15) is 20.8 Å². The zero-order chi connectivity index (χ0) is 15.3. The number of nitrogens with one attached hydrogen (secondary N) is 3. The Bertz CT molecular complexity index is 504. The number of carbonyl (C=O) groups excluding carboxylic acids is 1. The molecule has 8 nitrogen and oxygen atoms in total. The lowest BCUT2D eigenvalue weighted by Crippen LogP contribution is -2.41. The maximum absolute atomic E-state index is 11.8. The Morgan fingerprint density at radius 1 is 1.35 bits per heavy atom. The topological polar surface area (TPSA) is 109 Å². The predicted molar refractivity (Wildman–Crippen MR) is 76.8 cm³/mol. The SMILES string of the molecule is CNc1ccc([N+](=O)[O-])c(NC(C)C(=O)NC(C)C)n1. The standard InChI is InChI=1S/C12H19N5O3/c1-7(2)14-12(18)8(3)15-11-9(17(19)20)5-6-10(13-4)16-11/h5-8H,1-4H3,(H,14,18)(H2,13,15,16). The molecule has 1 aromatic heterocycles. The highest BCUT2D eigenvalue weighted by atomic mass is 16.6. The second kappa shape index (κ2) is 6.69. The lowest BCUT2D eigenvalue weighted by atomic mass is 10.2. The van der Waals surface area contributed by atoms with Gasteiger partial charge in [-0.15, -0.1) is 0 Å². The van der Waals surface area contributed by atoms with E-state index in [0.29, 0.717) is 5.82 Å². The first kappa shape index (κ1) is 15.7. The summed E-state index contributed by atoms with van der Waals surface area (Å²) in [6.45, 7) is 5.30. The molecule has 0 aliphatic rings. The summed E-state index contributed by atoms with van der Waals surface area (Å²) >= 11 is 0. The van der Waals surface area contributed by atoms with Crippen molar-refractivity contribution in [1.29, 1.82) is 0 Å².